The van der Waals surface area contributed by atoms with E-state index < -0.39 is 10.0 Å². The van der Waals surface area contributed by atoms with E-state index in [1.165, 1.54) is 25.3 Å². The van der Waals surface area contributed by atoms with Crippen molar-refractivity contribution < 1.29 is 17.9 Å². The van der Waals surface area contributed by atoms with Crippen molar-refractivity contribution in [3.63, 3.8) is 0 Å². The van der Waals surface area contributed by atoms with Crippen LogP contribution in [0.4, 0.5) is 11.4 Å². The molecule has 2 aliphatic rings. The van der Waals surface area contributed by atoms with Crippen LogP contribution < -0.4 is 14.8 Å². The van der Waals surface area contributed by atoms with Gasteiger partial charge in [0.1, 0.15) is 5.75 Å². The summed E-state index contributed by atoms with van der Waals surface area (Å²) in [6, 6.07) is 10.0. The fraction of sp³-hybridized carbons (Fsp3) is 0.458. The number of fused-ring (bicyclic) bond motifs is 2. The van der Waals surface area contributed by atoms with Crippen LogP contribution in [0.15, 0.2) is 45.8 Å². The molecule has 6 nitrogen and oxygen atoms in total. The Labute approximate surface area is 198 Å². The normalized spacial score (nSPS) is 22.0. The molecule has 172 valence electrons. The number of anilines is 2. The van der Waals surface area contributed by atoms with Crippen molar-refractivity contribution in [2.75, 3.05) is 16.6 Å². The largest absolute Gasteiger partial charge is 0.493 e. The van der Waals surface area contributed by atoms with E-state index in [4.69, 9.17) is 4.74 Å². The Bertz CT molecular complexity index is 1120. The molecular formula is C24H29BrN2O4S. The highest BCUT2D eigenvalue weighted by atomic mass is 79.9. The molecule has 0 spiro atoms. The summed E-state index contributed by atoms with van der Waals surface area (Å²) in [7, 11) is -3.84. The first-order chi connectivity index (χ1) is 15.2. The molecule has 2 saturated carbocycles. The molecule has 0 saturated heterocycles. The van der Waals surface area contributed by atoms with Gasteiger partial charge in [0.2, 0.25) is 5.91 Å². The lowest BCUT2D eigenvalue weighted by Crippen LogP contribution is -2.21. The number of carbonyl (C=O) groups excluding carboxylic acids is 1. The third kappa shape index (κ3) is 5.12. The molecule has 2 fully saturated rings. The minimum atomic E-state index is -3.84. The highest BCUT2D eigenvalue weighted by Crippen LogP contribution is 2.49. The number of ether oxygens (including phenoxy) is 1. The van der Waals surface area contributed by atoms with Crippen LogP contribution >= 0.6 is 15.9 Å². The SMILES string of the molecule is CCOc1ccc(NS(=O)(=O)c2cc(NC(=O)C[C@@H]3C[C@@H]4CC[C@@H]3C4)ccc2C)cc1Br. The highest BCUT2D eigenvalue weighted by Gasteiger charge is 2.40. The Kier molecular flexibility index (Phi) is 6.81. The molecule has 0 unspecified atom stereocenters. The van der Waals surface area contributed by atoms with Crippen LogP contribution in [0.2, 0.25) is 0 Å². The first kappa shape index (κ1) is 23.1. The second-order valence-electron chi connectivity index (χ2n) is 8.85. The van der Waals surface area contributed by atoms with Gasteiger partial charge in [-0.05, 0) is 103 Å². The number of nitrogens with one attached hydrogen (secondary N) is 2. The van der Waals surface area contributed by atoms with Crippen molar-refractivity contribution in [2.45, 2.75) is 50.8 Å². The Balaban J connectivity index is 1.46. The number of halogens is 1. The number of aryl methyl sites for hydroxylation is 1. The third-order valence-electron chi connectivity index (χ3n) is 6.58. The molecule has 0 aliphatic heterocycles. The molecule has 0 radical (unpaired) electrons. The lowest BCUT2D eigenvalue weighted by atomic mass is 9.86. The van der Waals surface area contributed by atoms with E-state index in [-0.39, 0.29) is 10.8 Å². The van der Waals surface area contributed by atoms with Gasteiger partial charge in [0.05, 0.1) is 21.7 Å². The van der Waals surface area contributed by atoms with Gasteiger partial charge >= 0.3 is 0 Å². The standard InChI is InChI=1S/C24H29BrN2O4S/c1-3-31-22-9-8-20(13-21(22)25)27-32(29,30)23-14-19(7-4-15(23)2)26-24(28)12-18-11-16-5-6-17(18)10-16/h4,7-9,13-14,16-18,27H,3,5-6,10-12H2,1-2H3,(H,26,28)/t16-,17-,18+/m1/s1. The van der Waals surface area contributed by atoms with Crippen molar-refractivity contribution in [1.29, 1.82) is 0 Å². The number of amides is 1. The fourth-order valence-electron chi connectivity index (χ4n) is 5.09. The van der Waals surface area contributed by atoms with Gasteiger partial charge in [-0.2, -0.15) is 0 Å². The molecule has 2 bridgehead atoms. The molecule has 4 rings (SSSR count). The Morgan fingerprint density at radius 2 is 1.91 bits per heavy atom. The van der Waals surface area contributed by atoms with Crippen LogP contribution in [0.25, 0.3) is 0 Å². The minimum Gasteiger partial charge on any atom is -0.493 e. The summed E-state index contributed by atoms with van der Waals surface area (Å²) in [5, 5.41) is 2.91. The average Bonchev–Trinajstić information content (AvgIpc) is 3.34. The lowest BCUT2D eigenvalue weighted by molar-refractivity contribution is -0.117. The summed E-state index contributed by atoms with van der Waals surface area (Å²) in [6.07, 6.45) is 5.46. The predicted molar refractivity (Wildman–Crippen MR) is 129 cm³/mol. The average molecular weight is 521 g/mol. The molecule has 2 N–H and O–H groups in total. The van der Waals surface area contributed by atoms with Crippen LogP contribution in [0, 0.1) is 24.7 Å². The van der Waals surface area contributed by atoms with Gasteiger partial charge in [0.25, 0.3) is 10.0 Å². The van der Waals surface area contributed by atoms with Gasteiger partial charge in [0.15, 0.2) is 0 Å². The second-order valence-corrected chi connectivity index (χ2v) is 11.4. The monoisotopic (exact) mass is 520 g/mol. The first-order valence-electron chi connectivity index (χ1n) is 11.1. The van der Waals surface area contributed by atoms with Crippen LogP contribution in [-0.4, -0.2) is 20.9 Å². The summed E-state index contributed by atoms with van der Waals surface area (Å²) < 4.78 is 34.9. The van der Waals surface area contributed by atoms with E-state index in [9.17, 15) is 13.2 Å². The van der Waals surface area contributed by atoms with Gasteiger partial charge in [-0.25, -0.2) is 8.42 Å². The Hall–Kier alpha value is -2.06. The number of benzene rings is 2. The topological polar surface area (TPSA) is 84.5 Å². The Morgan fingerprint density at radius 3 is 2.56 bits per heavy atom. The summed E-state index contributed by atoms with van der Waals surface area (Å²) >= 11 is 3.41. The summed E-state index contributed by atoms with van der Waals surface area (Å²) in [5.41, 5.74) is 1.52. The van der Waals surface area contributed by atoms with Gasteiger partial charge in [-0.3, -0.25) is 9.52 Å². The number of hydrogen-bond donors (Lipinski definition) is 2. The van der Waals surface area contributed by atoms with Crippen LogP contribution in [0.3, 0.4) is 0 Å². The smallest absolute Gasteiger partial charge is 0.262 e. The van der Waals surface area contributed by atoms with E-state index in [0.717, 1.165) is 12.3 Å². The summed E-state index contributed by atoms with van der Waals surface area (Å²) in [6.45, 7) is 4.14. The zero-order valence-corrected chi connectivity index (χ0v) is 20.8. The molecule has 2 aromatic rings. The Morgan fingerprint density at radius 1 is 1.12 bits per heavy atom. The van der Waals surface area contributed by atoms with Gasteiger partial charge in [-0.1, -0.05) is 12.5 Å². The molecule has 1 amide bonds. The quantitative estimate of drug-likeness (QED) is 0.465. The maximum atomic E-state index is 13.1. The van der Waals surface area contributed by atoms with E-state index in [0.29, 0.717) is 52.0 Å². The maximum absolute atomic E-state index is 13.1. The minimum absolute atomic E-state index is 0.0434. The molecule has 0 aromatic heterocycles. The molecule has 2 aromatic carbocycles. The highest BCUT2D eigenvalue weighted by molar-refractivity contribution is 9.10. The number of carbonyl (C=O) groups is 1. The number of hydrogen-bond acceptors (Lipinski definition) is 4. The van der Waals surface area contributed by atoms with Crippen molar-refractivity contribution in [2.24, 2.45) is 17.8 Å². The lowest BCUT2D eigenvalue weighted by Gasteiger charge is -2.21. The van der Waals surface area contributed by atoms with Gasteiger partial charge in [-0.15, -0.1) is 0 Å². The van der Waals surface area contributed by atoms with E-state index in [1.807, 2.05) is 6.92 Å². The van der Waals surface area contributed by atoms with Crippen molar-refractivity contribution in [3.05, 3.63) is 46.4 Å². The molecular weight excluding hydrogens is 492 g/mol. The fourth-order valence-corrected chi connectivity index (χ4v) is 6.91. The van der Waals surface area contributed by atoms with Gasteiger partial charge < -0.3 is 10.1 Å². The second kappa shape index (κ2) is 9.43. The summed E-state index contributed by atoms with van der Waals surface area (Å²) in [5.74, 6) is 2.53. The zero-order chi connectivity index (χ0) is 22.9. The van der Waals surface area contributed by atoms with Crippen LogP contribution in [0.5, 0.6) is 5.75 Å². The molecule has 2 aliphatic carbocycles. The molecule has 3 atom stereocenters. The van der Waals surface area contributed by atoms with Crippen molar-refractivity contribution >= 4 is 43.2 Å². The van der Waals surface area contributed by atoms with Gasteiger partial charge in [0, 0.05) is 12.1 Å². The zero-order valence-electron chi connectivity index (χ0n) is 18.4. The molecule has 32 heavy (non-hydrogen) atoms. The number of rotatable bonds is 8. The molecule has 0 heterocycles. The van der Waals surface area contributed by atoms with E-state index >= 15 is 0 Å². The summed E-state index contributed by atoms with van der Waals surface area (Å²) in [4.78, 5) is 12.8. The van der Waals surface area contributed by atoms with Crippen molar-refractivity contribution in [3.8, 4) is 5.75 Å². The van der Waals surface area contributed by atoms with Crippen molar-refractivity contribution in [1.82, 2.24) is 0 Å². The van der Waals surface area contributed by atoms with E-state index in [1.54, 1.807) is 37.3 Å². The van der Waals surface area contributed by atoms with Crippen LogP contribution in [-0.2, 0) is 14.8 Å². The maximum Gasteiger partial charge on any atom is 0.262 e. The van der Waals surface area contributed by atoms with Crippen LogP contribution in [0.1, 0.15) is 44.6 Å². The van der Waals surface area contributed by atoms with E-state index in [2.05, 4.69) is 26.0 Å². The molecule has 8 heteroatoms. The first-order valence-corrected chi connectivity index (χ1v) is 13.4. The third-order valence-corrected chi connectivity index (χ3v) is 8.72. The number of sulfonamides is 1. The predicted octanol–water partition coefficient (Wildman–Crippen LogP) is 5.72.